The Morgan fingerprint density at radius 3 is 2.42 bits per heavy atom. The van der Waals surface area contributed by atoms with Gasteiger partial charge in [0.25, 0.3) is 0 Å². The first-order chi connectivity index (χ1) is 9.20. The van der Waals surface area contributed by atoms with Gasteiger partial charge in [-0.05, 0) is 36.3 Å². The summed E-state index contributed by atoms with van der Waals surface area (Å²) in [5.74, 6) is -0.0116. The number of nitrogens with zero attached hydrogens (tertiary/aromatic N) is 1. The minimum absolute atomic E-state index is 0.0116. The van der Waals surface area contributed by atoms with E-state index >= 15 is 0 Å². The van der Waals surface area contributed by atoms with Gasteiger partial charge >= 0.3 is 0 Å². The van der Waals surface area contributed by atoms with Crippen LogP contribution in [-0.2, 0) is 0 Å². The fourth-order valence-electron chi connectivity index (χ4n) is 1.78. The number of aryl methyl sites for hydroxylation is 1. The van der Waals surface area contributed by atoms with Crippen molar-refractivity contribution in [2.45, 2.75) is 6.92 Å². The predicted molar refractivity (Wildman–Crippen MR) is 75.7 cm³/mol. The van der Waals surface area contributed by atoms with E-state index < -0.39 is 0 Å². The van der Waals surface area contributed by atoms with Crippen LogP contribution in [0.1, 0.15) is 27.0 Å². The summed E-state index contributed by atoms with van der Waals surface area (Å²) in [6.07, 6.45) is 3.32. The van der Waals surface area contributed by atoms with Gasteiger partial charge in [-0.2, -0.15) is 5.26 Å². The van der Waals surface area contributed by atoms with Crippen LogP contribution in [0.15, 0.2) is 54.6 Å². The topological polar surface area (TPSA) is 40.9 Å². The second-order valence-electron chi connectivity index (χ2n) is 4.25. The summed E-state index contributed by atoms with van der Waals surface area (Å²) in [6.45, 7) is 1.92. The molecule has 0 aromatic heterocycles. The van der Waals surface area contributed by atoms with Crippen molar-refractivity contribution in [3.63, 3.8) is 0 Å². The molecule has 0 spiro atoms. The number of carbonyl (C=O) groups is 1. The lowest BCUT2D eigenvalue weighted by Gasteiger charge is -2.00. The molecule has 0 saturated heterocycles. The summed E-state index contributed by atoms with van der Waals surface area (Å²) in [6, 6.07) is 16.7. The van der Waals surface area contributed by atoms with E-state index in [1.807, 2.05) is 43.3 Å². The maximum Gasteiger partial charge on any atom is 0.186 e. The van der Waals surface area contributed by atoms with E-state index in [2.05, 4.69) is 6.07 Å². The number of ketones is 1. The highest BCUT2D eigenvalue weighted by molar-refractivity contribution is 6.07. The number of hydrogen-bond donors (Lipinski definition) is 0. The largest absolute Gasteiger partial charge is 0.289 e. The lowest BCUT2D eigenvalue weighted by molar-refractivity contribution is 0.104. The summed E-state index contributed by atoms with van der Waals surface area (Å²) in [7, 11) is 0. The SMILES string of the molecule is Cc1ccccc1C(=O)/C=C/c1ccc(C#N)cc1. The molecule has 0 aliphatic heterocycles. The molecule has 0 aliphatic carbocycles. The smallest absolute Gasteiger partial charge is 0.186 e. The maximum absolute atomic E-state index is 12.0. The fourth-order valence-corrected chi connectivity index (χ4v) is 1.78. The molecular formula is C17H13NO. The van der Waals surface area contributed by atoms with Crippen molar-refractivity contribution >= 4 is 11.9 Å². The lowest BCUT2D eigenvalue weighted by atomic mass is 10.0. The summed E-state index contributed by atoms with van der Waals surface area (Å²) in [4.78, 5) is 12.0. The number of hydrogen-bond acceptors (Lipinski definition) is 2. The molecule has 2 rings (SSSR count). The highest BCUT2D eigenvalue weighted by Gasteiger charge is 2.03. The first-order valence-corrected chi connectivity index (χ1v) is 5.99. The summed E-state index contributed by atoms with van der Waals surface area (Å²) in [5.41, 5.74) is 3.20. The van der Waals surface area contributed by atoms with E-state index in [1.54, 1.807) is 24.3 Å². The normalized spacial score (nSPS) is 10.3. The Morgan fingerprint density at radius 2 is 1.79 bits per heavy atom. The summed E-state index contributed by atoms with van der Waals surface area (Å²) in [5, 5.41) is 8.70. The Morgan fingerprint density at radius 1 is 1.11 bits per heavy atom. The van der Waals surface area contributed by atoms with Gasteiger partial charge in [0.1, 0.15) is 0 Å². The monoisotopic (exact) mass is 247 g/mol. The molecule has 0 amide bonds. The van der Waals surface area contributed by atoms with Gasteiger partial charge in [0.05, 0.1) is 11.6 Å². The highest BCUT2D eigenvalue weighted by Crippen LogP contribution is 2.10. The van der Waals surface area contributed by atoms with Crippen LogP contribution >= 0.6 is 0 Å². The lowest BCUT2D eigenvalue weighted by Crippen LogP contribution is -1.96. The van der Waals surface area contributed by atoms with Crippen molar-refractivity contribution in [3.05, 3.63) is 76.9 Å². The third-order valence-corrected chi connectivity index (χ3v) is 2.88. The van der Waals surface area contributed by atoms with E-state index in [4.69, 9.17) is 5.26 Å². The molecule has 0 atom stereocenters. The Bertz CT molecular complexity index is 660. The number of allylic oxidation sites excluding steroid dienone is 1. The van der Waals surface area contributed by atoms with Crippen LogP contribution in [0.25, 0.3) is 6.08 Å². The van der Waals surface area contributed by atoms with E-state index in [9.17, 15) is 4.79 Å². The molecule has 19 heavy (non-hydrogen) atoms. The van der Waals surface area contributed by atoms with Gasteiger partial charge in [0.15, 0.2) is 5.78 Å². The van der Waals surface area contributed by atoms with Gasteiger partial charge in [0.2, 0.25) is 0 Å². The van der Waals surface area contributed by atoms with Crippen molar-refractivity contribution < 1.29 is 4.79 Å². The zero-order valence-electron chi connectivity index (χ0n) is 10.6. The Kier molecular flexibility index (Phi) is 3.90. The third kappa shape index (κ3) is 3.17. The van der Waals surface area contributed by atoms with E-state index in [1.165, 1.54) is 0 Å². The molecule has 0 aliphatic rings. The molecule has 0 heterocycles. The van der Waals surface area contributed by atoms with Gasteiger partial charge in [-0.1, -0.05) is 42.5 Å². The van der Waals surface area contributed by atoms with Gasteiger partial charge in [-0.25, -0.2) is 0 Å². The van der Waals surface area contributed by atoms with Crippen molar-refractivity contribution in [1.29, 1.82) is 5.26 Å². The van der Waals surface area contributed by atoms with Crippen LogP contribution in [0.3, 0.4) is 0 Å². The Balaban J connectivity index is 2.16. The molecule has 0 bridgehead atoms. The van der Waals surface area contributed by atoms with E-state index in [0.717, 1.165) is 11.1 Å². The van der Waals surface area contributed by atoms with Crippen LogP contribution < -0.4 is 0 Å². The van der Waals surface area contributed by atoms with Crippen molar-refractivity contribution in [2.75, 3.05) is 0 Å². The molecule has 0 N–H and O–H groups in total. The summed E-state index contributed by atoms with van der Waals surface area (Å²) < 4.78 is 0. The Labute approximate surface area is 112 Å². The second-order valence-corrected chi connectivity index (χ2v) is 4.25. The van der Waals surface area contributed by atoms with E-state index in [-0.39, 0.29) is 5.78 Å². The number of nitriles is 1. The molecule has 2 aromatic rings. The van der Waals surface area contributed by atoms with Crippen LogP contribution in [0.5, 0.6) is 0 Å². The molecular weight excluding hydrogens is 234 g/mol. The quantitative estimate of drug-likeness (QED) is 0.612. The first kappa shape index (κ1) is 12.8. The number of rotatable bonds is 3. The Hall–Kier alpha value is -2.66. The maximum atomic E-state index is 12.0. The molecule has 2 heteroatoms. The van der Waals surface area contributed by atoms with Crippen LogP contribution in [0, 0.1) is 18.3 Å². The molecule has 0 radical (unpaired) electrons. The average Bonchev–Trinajstić information content (AvgIpc) is 2.46. The van der Waals surface area contributed by atoms with Gasteiger partial charge in [-0.15, -0.1) is 0 Å². The summed E-state index contributed by atoms with van der Waals surface area (Å²) >= 11 is 0. The standard InChI is InChI=1S/C17H13NO/c1-13-4-2-3-5-16(13)17(19)11-10-14-6-8-15(12-18)9-7-14/h2-11H,1H3/b11-10+. The predicted octanol–water partition coefficient (Wildman–Crippen LogP) is 3.76. The first-order valence-electron chi connectivity index (χ1n) is 5.99. The fraction of sp³-hybridized carbons (Fsp3) is 0.0588. The third-order valence-electron chi connectivity index (χ3n) is 2.88. The minimum Gasteiger partial charge on any atom is -0.289 e. The molecule has 0 saturated carbocycles. The van der Waals surface area contributed by atoms with Crippen LogP contribution in [0.2, 0.25) is 0 Å². The molecule has 0 unspecified atom stereocenters. The average molecular weight is 247 g/mol. The zero-order chi connectivity index (χ0) is 13.7. The van der Waals surface area contributed by atoms with Crippen LogP contribution in [-0.4, -0.2) is 5.78 Å². The molecule has 2 nitrogen and oxygen atoms in total. The van der Waals surface area contributed by atoms with Crippen molar-refractivity contribution in [1.82, 2.24) is 0 Å². The van der Waals surface area contributed by atoms with Gasteiger partial charge < -0.3 is 0 Å². The van der Waals surface area contributed by atoms with E-state index in [0.29, 0.717) is 11.1 Å². The van der Waals surface area contributed by atoms with Gasteiger partial charge in [-0.3, -0.25) is 4.79 Å². The molecule has 0 fully saturated rings. The van der Waals surface area contributed by atoms with Gasteiger partial charge in [0, 0.05) is 5.56 Å². The molecule has 92 valence electrons. The van der Waals surface area contributed by atoms with Crippen molar-refractivity contribution in [3.8, 4) is 6.07 Å². The second kappa shape index (κ2) is 5.79. The van der Waals surface area contributed by atoms with Crippen LogP contribution in [0.4, 0.5) is 0 Å². The number of benzene rings is 2. The highest BCUT2D eigenvalue weighted by atomic mass is 16.1. The van der Waals surface area contributed by atoms with Crippen molar-refractivity contribution in [2.24, 2.45) is 0 Å². The number of carbonyl (C=O) groups excluding carboxylic acids is 1. The zero-order valence-corrected chi connectivity index (χ0v) is 10.6. The molecule has 2 aromatic carbocycles. The minimum atomic E-state index is -0.0116.